The number of para-hydroxylation sites is 1. The average molecular weight is 313 g/mol. The first kappa shape index (κ1) is 16.2. The molecule has 0 bridgehead atoms. The molecule has 6 heteroatoms. The number of benzene rings is 2. The number of carbonyl (C=O) groups is 3. The van der Waals surface area contributed by atoms with Crippen molar-refractivity contribution in [3.8, 4) is 5.75 Å². The molecule has 0 heterocycles. The Labute approximate surface area is 133 Å². The van der Waals surface area contributed by atoms with E-state index in [4.69, 9.17) is 9.47 Å². The molecule has 0 aliphatic carbocycles. The minimum atomic E-state index is -0.702. The van der Waals surface area contributed by atoms with Gasteiger partial charge in [-0.25, -0.2) is 4.79 Å². The van der Waals surface area contributed by atoms with Gasteiger partial charge >= 0.3 is 5.97 Å². The standard InChI is InChI=1S/C17H15NO5/c19-15(18-17(21)13-7-3-1-4-8-13)11-23-16(20)12-22-14-9-5-2-6-10-14/h1-10H,11-12H2,(H,18,19,21). The zero-order valence-corrected chi connectivity index (χ0v) is 12.2. The topological polar surface area (TPSA) is 81.7 Å². The Balaban J connectivity index is 1.69. The molecule has 0 aliphatic heterocycles. The Morgan fingerprint density at radius 2 is 1.43 bits per heavy atom. The molecule has 0 atom stereocenters. The quantitative estimate of drug-likeness (QED) is 0.819. The first-order valence-electron chi connectivity index (χ1n) is 6.88. The molecule has 2 aromatic carbocycles. The fourth-order valence-electron chi connectivity index (χ4n) is 1.67. The Bertz CT molecular complexity index is 670. The molecule has 0 unspecified atom stereocenters. The van der Waals surface area contributed by atoms with Crippen molar-refractivity contribution in [3.05, 3.63) is 66.2 Å². The molecule has 2 rings (SSSR count). The third-order valence-corrected chi connectivity index (χ3v) is 2.75. The van der Waals surface area contributed by atoms with Crippen molar-refractivity contribution in [1.82, 2.24) is 5.32 Å². The third kappa shape index (κ3) is 5.62. The van der Waals surface area contributed by atoms with Crippen molar-refractivity contribution < 1.29 is 23.9 Å². The van der Waals surface area contributed by atoms with Gasteiger partial charge in [0.05, 0.1) is 0 Å². The zero-order chi connectivity index (χ0) is 16.5. The smallest absolute Gasteiger partial charge is 0.344 e. The van der Waals surface area contributed by atoms with E-state index in [0.29, 0.717) is 11.3 Å². The van der Waals surface area contributed by atoms with Crippen molar-refractivity contribution in [2.24, 2.45) is 0 Å². The predicted octanol–water partition coefficient (Wildman–Crippen LogP) is 1.57. The molecule has 1 N–H and O–H groups in total. The van der Waals surface area contributed by atoms with Gasteiger partial charge in [-0.15, -0.1) is 0 Å². The number of hydrogen-bond acceptors (Lipinski definition) is 5. The van der Waals surface area contributed by atoms with Crippen LogP contribution in [-0.2, 0) is 14.3 Å². The van der Waals surface area contributed by atoms with Gasteiger partial charge in [-0.3, -0.25) is 14.9 Å². The first-order chi connectivity index (χ1) is 11.1. The van der Waals surface area contributed by atoms with Crippen LogP contribution in [0.3, 0.4) is 0 Å². The maximum absolute atomic E-state index is 11.7. The Hall–Kier alpha value is -3.15. The molecule has 2 amide bonds. The average Bonchev–Trinajstić information content (AvgIpc) is 2.60. The van der Waals surface area contributed by atoms with E-state index in [0.717, 1.165) is 0 Å². The second-order valence-electron chi connectivity index (χ2n) is 4.51. The van der Waals surface area contributed by atoms with Gasteiger partial charge in [-0.1, -0.05) is 36.4 Å². The van der Waals surface area contributed by atoms with Gasteiger partial charge in [-0.05, 0) is 24.3 Å². The molecule has 6 nitrogen and oxygen atoms in total. The summed E-state index contributed by atoms with van der Waals surface area (Å²) in [6.45, 7) is -0.862. The molecule has 23 heavy (non-hydrogen) atoms. The highest BCUT2D eigenvalue weighted by molar-refractivity contribution is 6.05. The fourth-order valence-corrected chi connectivity index (χ4v) is 1.67. The highest BCUT2D eigenvalue weighted by Gasteiger charge is 2.12. The number of carbonyl (C=O) groups excluding carboxylic acids is 3. The van der Waals surface area contributed by atoms with E-state index in [1.807, 2.05) is 6.07 Å². The highest BCUT2D eigenvalue weighted by atomic mass is 16.6. The van der Waals surface area contributed by atoms with Gasteiger partial charge in [0.15, 0.2) is 13.2 Å². The molecular formula is C17H15NO5. The SMILES string of the molecule is O=C(COC(=O)COc1ccccc1)NC(=O)c1ccccc1. The van der Waals surface area contributed by atoms with E-state index in [9.17, 15) is 14.4 Å². The molecule has 0 spiro atoms. The summed E-state index contributed by atoms with van der Waals surface area (Å²) >= 11 is 0. The molecule has 118 valence electrons. The van der Waals surface area contributed by atoms with Crippen LogP contribution in [-0.4, -0.2) is 31.0 Å². The van der Waals surface area contributed by atoms with Crippen LogP contribution in [0.4, 0.5) is 0 Å². The summed E-state index contributed by atoms with van der Waals surface area (Å²) < 4.78 is 9.91. The molecule has 0 aliphatic rings. The van der Waals surface area contributed by atoms with E-state index in [-0.39, 0.29) is 6.61 Å². The zero-order valence-electron chi connectivity index (χ0n) is 12.2. The van der Waals surface area contributed by atoms with Gasteiger partial charge < -0.3 is 9.47 Å². The second-order valence-corrected chi connectivity index (χ2v) is 4.51. The van der Waals surface area contributed by atoms with Crippen LogP contribution in [0.15, 0.2) is 60.7 Å². The lowest BCUT2D eigenvalue weighted by atomic mass is 10.2. The van der Waals surface area contributed by atoms with Gasteiger partial charge in [0.2, 0.25) is 0 Å². The van der Waals surface area contributed by atoms with Crippen LogP contribution in [0, 0.1) is 0 Å². The summed E-state index contributed by atoms with van der Waals surface area (Å²) in [6, 6.07) is 17.0. The molecule has 2 aromatic rings. The maximum Gasteiger partial charge on any atom is 0.344 e. The van der Waals surface area contributed by atoms with Crippen LogP contribution < -0.4 is 10.1 Å². The lowest BCUT2D eigenvalue weighted by molar-refractivity contribution is -0.150. The van der Waals surface area contributed by atoms with E-state index < -0.39 is 24.4 Å². The van der Waals surface area contributed by atoms with Crippen LogP contribution in [0.25, 0.3) is 0 Å². The molecule has 0 saturated carbocycles. The summed E-state index contributed by atoms with van der Waals surface area (Å²) in [4.78, 5) is 34.7. The Morgan fingerprint density at radius 1 is 0.826 bits per heavy atom. The first-order valence-corrected chi connectivity index (χ1v) is 6.88. The summed E-state index contributed by atoms with van der Waals surface area (Å²) in [7, 11) is 0. The lowest BCUT2D eigenvalue weighted by Gasteiger charge is -2.07. The Kier molecular flexibility index (Phi) is 5.88. The van der Waals surface area contributed by atoms with Crippen LogP contribution >= 0.6 is 0 Å². The van der Waals surface area contributed by atoms with Gasteiger partial charge in [-0.2, -0.15) is 0 Å². The van der Waals surface area contributed by atoms with Crippen molar-refractivity contribution >= 4 is 17.8 Å². The van der Waals surface area contributed by atoms with E-state index in [1.165, 1.54) is 0 Å². The number of rotatable bonds is 6. The van der Waals surface area contributed by atoms with Gasteiger partial charge in [0.1, 0.15) is 5.75 Å². The van der Waals surface area contributed by atoms with Gasteiger partial charge in [0, 0.05) is 5.56 Å². The number of ether oxygens (including phenoxy) is 2. The monoisotopic (exact) mass is 313 g/mol. The van der Waals surface area contributed by atoms with E-state index in [1.54, 1.807) is 54.6 Å². The predicted molar refractivity (Wildman–Crippen MR) is 81.8 cm³/mol. The number of nitrogens with one attached hydrogen (secondary N) is 1. The van der Waals surface area contributed by atoms with Crippen molar-refractivity contribution in [2.75, 3.05) is 13.2 Å². The Morgan fingerprint density at radius 3 is 2.09 bits per heavy atom. The highest BCUT2D eigenvalue weighted by Crippen LogP contribution is 2.07. The minimum Gasteiger partial charge on any atom is -0.482 e. The normalized spacial score (nSPS) is 9.74. The van der Waals surface area contributed by atoms with E-state index >= 15 is 0 Å². The van der Waals surface area contributed by atoms with Crippen molar-refractivity contribution in [2.45, 2.75) is 0 Å². The van der Waals surface area contributed by atoms with Crippen molar-refractivity contribution in [3.63, 3.8) is 0 Å². The van der Waals surface area contributed by atoms with Crippen LogP contribution in [0.5, 0.6) is 5.75 Å². The third-order valence-electron chi connectivity index (χ3n) is 2.75. The minimum absolute atomic E-state index is 0.316. The van der Waals surface area contributed by atoms with Crippen molar-refractivity contribution in [1.29, 1.82) is 0 Å². The summed E-state index contributed by atoms with van der Waals surface area (Å²) in [5.41, 5.74) is 0.347. The second kappa shape index (κ2) is 8.33. The largest absolute Gasteiger partial charge is 0.482 e. The summed E-state index contributed by atoms with van der Waals surface area (Å²) in [5, 5.41) is 2.13. The number of amides is 2. The van der Waals surface area contributed by atoms with E-state index in [2.05, 4.69) is 5.32 Å². The molecule has 0 fully saturated rings. The summed E-state index contributed by atoms with van der Waals surface area (Å²) in [5.74, 6) is -1.43. The maximum atomic E-state index is 11.7. The lowest BCUT2D eigenvalue weighted by Crippen LogP contribution is -2.34. The van der Waals surface area contributed by atoms with Crippen LogP contribution in [0.2, 0.25) is 0 Å². The molecule has 0 saturated heterocycles. The number of esters is 1. The molecule has 0 aromatic heterocycles. The van der Waals surface area contributed by atoms with Gasteiger partial charge in [0.25, 0.3) is 11.8 Å². The number of imide groups is 1. The van der Waals surface area contributed by atoms with Crippen LogP contribution in [0.1, 0.15) is 10.4 Å². The summed E-state index contributed by atoms with van der Waals surface area (Å²) in [6.07, 6.45) is 0. The number of hydrogen-bond donors (Lipinski definition) is 1. The molecular weight excluding hydrogens is 298 g/mol. The molecule has 0 radical (unpaired) electrons. The fraction of sp³-hybridized carbons (Fsp3) is 0.118.